The zero-order valence-corrected chi connectivity index (χ0v) is 11.5. The Labute approximate surface area is 113 Å². The third-order valence-electron chi connectivity index (χ3n) is 4.08. The lowest BCUT2D eigenvalue weighted by molar-refractivity contribution is -0.141. The molecule has 2 aliphatic heterocycles. The number of aliphatic carboxylic acids is 1. The third-order valence-corrected chi connectivity index (χ3v) is 4.08. The van der Waals surface area contributed by atoms with Gasteiger partial charge in [-0.15, -0.1) is 0 Å². The quantitative estimate of drug-likeness (QED) is 0.792. The van der Waals surface area contributed by atoms with Crippen molar-refractivity contribution in [2.24, 2.45) is 0 Å². The van der Waals surface area contributed by atoms with Crippen LogP contribution in [0.5, 0.6) is 0 Å². The molecule has 2 fully saturated rings. The second-order valence-electron chi connectivity index (χ2n) is 5.37. The van der Waals surface area contributed by atoms with Gasteiger partial charge >= 0.3 is 12.0 Å². The Hall–Kier alpha value is -1.30. The first-order valence-electron chi connectivity index (χ1n) is 7.14. The van der Waals surface area contributed by atoms with Crippen molar-refractivity contribution in [2.75, 3.05) is 26.2 Å². The Morgan fingerprint density at radius 3 is 2.68 bits per heavy atom. The molecule has 2 atom stereocenters. The Balaban J connectivity index is 1.88. The highest BCUT2D eigenvalue weighted by Crippen LogP contribution is 2.18. The van der Waals surface area contributed by atoms with Crippen molar-refractivity contribution in [2.45, 2.75) is 44.7 Å². The van der Waals surface area contributed by atoms with Gasteiger partial charge in [-0.2, -0.15) is 0 Å². The van der Waals surface area contributed by atoms with Crippen LogP contribution in [-0.4, -0.2) is 65.2 Å². The lowest BCUT2D eigenvalue weighted by Crippen LogP contribution is -2.53. The molecular formula is C13H23N3O3. The maximum Gasteiger partial charge on any atom is 0.326 e. The zero-order valence-electron chi connectivity index (χ0n) is 11.5. The molecule has 0 spiro atoms. The molecular weight excluding hydrogens is 246 g/mol. The van der Waals surface area contributed by atoms with Crippen LogP contribution in [-0.2, 0) is 4.79 Å². The van der Waals surface area contributed by atoms with Crippen molar-refractivity contribution < 1.29 is 14.7 Å². The van der Waals surface area contributed by atoms with Crippen molar-refractivity contribution in [3.8, 4) is 0 Å². The maximum absolute atomic E-state index is 12.2. The van der Waals surface area contributed by atoms with E-state index in [1.165, 1.54) is 4.90 Å². The van der Waals surface area contributed by atoms with Crippen LogP contribution in [0.15, 0.2) is 0 Å². The summed E-state index contributed by atoms with van der Waals surface area (Å²) in [6.45, 7) is 5.62. The summed E-state index contributed by atoms with van der Waals surface area (Å²) in [5.41, 5.74) is 0. The number of carboxylic acid groups (broad SMARTS) is 1. The summed E-state index contributed by atoms with van der Waals surface area (Å²) in [7, 11) is 0. The van der Waals surface area contributed by atoms with Crippen LogP contribution in [0.1, 0.15) is 32.6 Å². The van der Waals surface area contributed by atoms with E-state index in [9.17, 15) is 9.59 Å². The van der Waals surface area contributed by atoms with Crippen LogP contribution in [0.25, 0.3) is 0 Å². The first-order valence-corrected chi connectivity index (χ1v) is 7.14. The summed E-state index contributed by atoms with van der Waals surface area (Å²) < 4.78 is 0. The molecule has 2 saturated heterocycles. The number of likely N-dealkylation sites (tertiary alicyclic amines) is 2. The van der Waals surface area contributed by atoms with Gasteiger partial charge in [-0.1, -0.05) is 6.92 Å². The van der Waals surface area contributed by atoms with E-state index in [1.807, 2.05) is 0 Å². The molecule has 0 bridgehead atoms. The van der Waals surface area contributed by atoms with Crippen LogP contribution < -0.4 is 5.32 Å². The molecule has 6 heteroatoms. The molecule has 0 aromatic heterocycles. The number of hydrogen-bond donors (Lipinski definition) is 2. The maximum atomic E-state index is 12.2. The molecule has 1 unspecified atom stereocenters. The fourth-order valence-corrected chi connectivity index (χ4v) is 2.98. The summed E-state index contributed by atoms with van der Waals surface area (Å²) in [5.74, 6) is -0.897. The van der Waals surface area contributed by atoms with Crippen molar-refractivity contribution in [1.82, 2.24) is 15.1 Å². The van der Waals surface area contributed by atoms with Gasteiger partial charge in [0.25, 0.3) is 0 Å². The van der Waals surface area contributed by atoms with Gasteiger partial charge in [0.05, 0.1) is 0 Å². The minimum Gasteiger partial charge on any atom is -0.480 e. The molecule has 2 heterocycles. The number of carboxylic acids is 1. The van der Waals surface area contributed by atoms with E-state index < -0.39 is 12.0 Å². The smallest absolute Gasteiger partial charge is 0.326 e. The molecule has 0 aromatic rings. The average molecular weight is 269 g/mol. The molecule has 0 aliphatic carbocycles. The zero-order chi connectivity index (χ0) is 13.8. The summed E-state index contributed by atoms with van der Waals surface area (Å²) >= 11 is 0. The normalized spacial score (nSPS) is 28.4. The van der Waals surface area contributed by atoms with E-state index in [0.29, 0.717) is 13.0 Å². The number of rotatable bonds is 3. The molecule has 0 saturated carbocycles. The highest BCUT2D eigenvalue weighted by atomic mass is 16.4. The minimum atomic E-state index is -0.897. The van der Waals surface area contributed by atoms with E-state index in [4.69, 9.17) is 5.11 Å². The second kappa shape index (κ2) is 6.23. The number of carbonyl (C=O) groups excluding carboxylic acids is 1. The molecule has 0 radical (unpaired) electrons. The lowest BCUT2D eigenvalue weighted by atomic mass is 10.1. The summed E-state index contributed by atoms with van der Waals surface area (Å²) in [6, 6.07) is -0.713. The van der Waals surface area contributed by atoms with Gasteiger partial charge in [-0.3, -0.25) is 0 Å². The van der Waals surface area contributed by atoms with Crippen molar-refractivity contribution in [3.63, 3.8) is 0 Å². The SMILES string of the molecule is CCN1CCCC(NC(=O)N2CCC[C@@H]2C(=O)O)C1. The topological polar surface area (TPSA) is 72.9 Å². The monoisotopic (exact) mass is 269 g/mol. The first kappa shape index (κ1) is 14.1. The number of nitrogens with zero attached hydrogens (tertiary/aromatic N) is 2. The predicted octanol–water partition coefficient (Wildman–Crippen LogP) is 0.729. The molecule has 0 aromatic carbocycles. The Morgan fingerprint density at radius 2 is 2.00 bits per heavy atom. The largest absolute Gasteiger partial charge is 0.480 e. The van der Waals surface area contributed by atoms with E-state index in [-0.39, 0.29) is 12.1 Å². The summed E-state index contributed by atoms with van der Waals surface area (Å²) in [4.78, 5) is 27.0. The van der Waals surface area contributed by atoms with Gasteiger partial charge in [0.2, 0.25) is 0 Å². The van der Waals surface area contributed by atoms with Gasteiger partial charge in [0, 0.05) is 19.1 Å². The number of likely N-dealkylation sites (N-methyl/N-ethyl adjacent to an activating group) is 1. The highest BCUT2D eigenvalue weighted by Gasteiger charge is 2.35. The molecule has 2 aliphatic rings. The van der Waals surface area contributed by atoms with Crippen molar-refractivity contribution >= 4 is 12.0 Å². The van der Waals surface area contributed by atoms with Crippen LogP contribution in [0.4, 0.5) is 4.79 Å². The number of amides is 2. The van der Waals surface area contributed by atoms with E-state index in [0.717, 1.165) is 38.9 Å². The Morgan fingerprint density at radius 1 is 1.26 bits per heavy atom. The number of carbonyl (C=O) groups is 2. The van der Waals surface area contributed by atoms with Gasteiger partial charge < -0.3 is 20.2 Å². The third kappa shape index (κ3) is 3.37. The molecule has 2 rings (SSSR count). The van der Waals surface area contributed by atoms with Crippen molar-refractivity contribution in [3.05, 3.63) is 0 Å². The minimum absolute atomic E-state index is 0.149. The average Bonchev–Trinajstić information content (AvgIpc) is 2.88. The first-order chi connectivity index (χ1) is 9.11. The van der Waals surface area contributed by atoms with Gasteiger partial charge in [0.15, 0.2) is 0 Å². The van der Waals surface area contributed by atoms with E-state index in [2.05, 4.69) is 17.1 Å². The van der Waals surface area contributed by atoms with Gasteiger partial charge in [-0.05, 0) is 38.8 Å². The van der Waals surface area contributed by atoms with Crippen LogP contribution >= 0.6 is 0 Å². The lowest BCUT2D eigenvalue weighted by Gasteiger charge is -2.33. The highest BCUT2D eigenvalue weighted by molar-refractivity contribution is 5.83. The molecule has 2 N–H and O–H groups in total. The number of hydrogen-bond acceptors (Lipinski definition) is 3. The predicted molar refractivity (Wildman–Crippen MR) is 71.0 cm³/mol. The molecule has 6 nitrogen and oxygen atoms in total. The Bertz CT molecular complexity index is 348. The number of nitrogens with one attached hydrogen (secondary N) is 1. The van der Waals surface area contributed by atoms with E-state index >= 15 is 0 Å². The molecule has 2 amide bonds. The fraction of sp³-hybridized carbons (Fsp3) is 0.846. The standard InChI is InChI=1S/C13H23N3O3/c1-2-15-7-3-5-10(9-15)14-13(19)16-8-4-6-11(16)12(17)18/h10-11H,2-9H2,1H3,(H,14,19)(H,17,18)/t10?,11-/m1/s1. The number of piperidine rings is 1. The van der Waals surface area contributed by atoms with Crippen molar-refractivity contribution in [1.29, 1.82) is 0 Å². The summed E-state index contributed by atoms with van der Waals surface area (Å²) in [6.07, 6.45) is 3.40. The number of urea groups is 1. The second-order valence-corrected chi connectivity index (χ2v) is 5.37. The van der Waals surface area contributed by atoms with Gasteiger partial charge in [-0.25, -0.2) is 9.59 Å². The van der Waals surface area contributed by atoms with Gasteiger partial charge in [0.1, 0.15) is 6.04 Å². The van der Waals surface area contributed by atoms with Crippen LogP contribution in [0.2, 0.25) is 0 Å². The van der Waals surface area contributed by atoms with Crippen LogP contribution in [0.3, 0.4) is 0 Å². The molecule has 108 valence electrons. The summed E-state index contributed by atoms with van der Waals surface area (Å²) in [5, 5.41) is 12.1. The fourth-order valence-electron chi connectivity index (χ4n) is 2.98. The molecule has 19 heavy (non-hydrogen) atoms. The van der Waals surface area contributed by atoms with Crippen LogP contribution in [0, 0.1) is 0 Å². The Kier molecular flexibility index (Phi) is 4.63. The van der Waals surface area contributed by atoms with E-state index in [1.54, 1.807) is 0 Å².